The van der Waals surface area contributed by atoms with Gasteiger partial charge in [0.25, 0.3) is 0 Å². The number of allylic oxidation sites excluding steroid dienone is 2. The molecule has 2 nitrogen and oxygen atoms in total. The van der Waals surface area contributed by atoms with Gasteiger partial charge in [-0.1, -0.05) is 89.1 Å². The SMILES string of the molecule is CCCCCCCC/C=C\CCC(C)CC(C)C1CSNc2ccccc2N1. The van der Waals surface area contributed by atoms with Gasteiger partial charge in [-0.3, -0.25) is 0 Å². The Bertz CT molecular complexity index is 557. The van der Waals surface area contributed by atoms with Crippen molar-refractivity contribution in [1.82, 2.24) is 0 Å². The Balaban J connectivity index is 1.59. The lowest BCUT2D eigenvalue weighted by Crippen LogP contribution is -2.30. The fourth-order valence-electron chi connectivity index (χ4n) is 4.03. The first kappa shape index (κ1) is 23.2. The third-order valence-electron chi connectivity index (χ3n) is 5.89. The van der Waals surface area contributed by atoms with Gasteiger partial charge in [0, 0.05) is 11.8 Å². The van der Waals surface area contributed by atoms with Crippen LogP contribution in [0.5, 0.6) is 0 Å². The highest BCUT2D eigenvalue weighted by Crippen LogP contribution is 2.32. The van der Waals surface area contributed by atoms with Crippen LogP contribution in [0.4, 0.5) is 11.4 Å². The van der Waals surface area contributed by atoms with E-state index >= 15 is 0 Å². The number of benzene rings is 1. The second-order valence-corrected chi connectivity index (χ2v) is 9.46. The number of rotatable bonds is 13. The summed E-state index contributed by atoms with van der Waals surface area (Å²) in [4.78, 5) is 0. The molecule has 1 aliphatic rings. The lowest BCUT2D eigenvalue weighted by Gasteiger charge is -2.26. The monoisotopic (exact) mass is 402 g/mol. The Hall–Kier alpha value is -1.09. The van der Waals surface area contributed by atoms with Crippen LogP contribution in [0.25, 0.3) is 0 Å². The normalized spacial score (nSPS) is 18.8. The zero-order valence-corrected chi connectivity index (χ0v) is 19.2. The zero-order chi connectivity index (χ0) is 20.0. The summed E-state index contributed by atoms with van der Waals surface area (Å²) in [6.45, 7) is 7.12. The van der Waals surface area contributed by atoms with Crippen molar-refractivity contribution >= 4 is 23.3 Å². The standard InChI is InChI=1S/C25H42N2S/c1-4-5-6-7-8-9-10-11-12-13-16-21(2)19-22(3)25-20-28-27-24-18-15-14-17-23(24)26-25/h11-12,14-15,17-18,21-22,25-27H,4-10,13,16,19-20H2,1-3H3/b12-11-. The summed E-state index contributed by atoms with van der Waals surface area (Å²) in [7, 11) is 0. The highest BCUT2D eigenvalue weighted by atomic mass is 32.2. The summed E-state index contributed by atoms with van der Waals surface area (Å²) in [5.41, 5.74) is 2.46. The molecule has 0 saturated heterocycles. The Morgan fingerprint density at radius 2 is 1.71 bits per heavy atom. The predicted molar refractivity (Wildman–Crippen MR) is 129 cm³/mol. The minimum Gasteiger partial charge on any atom is -0.379 e. The van der Waals surface area contributed by atoms with Gasteiger partial charge in [0.1, 0.15) is 0 Å². The van der Waals surface area contributed by atoms with Gasteiger partial charge in [0.2, 0.25) is 0 Å². The highest BCUT2D eigenvalue weighted by molar-refractivity contribution is 8.00. The molecular weight excluding hydrogens is 360 g/mol. The average Bonchev–Trinajstić information content (AvgIpc) is 2.92. The van der Waals surface area contributed by atoms with Crippen LogP contribution in [0.3, 0.4) is 0 Å². The molecule has 1 aromatic rings. The van der Waals surface area contributed by atoms with Gasteiger partial charge in [-0.2, -0.15) is 0 Å². The van der Waals surface area contributed by atoms with E-state index < -0.39 is 0 Å². The van der Waals surface area contributed by atoms with Crippen LogP contribution in [0, 0.1) is 11.8 Å². The second-order valence-electron chi connectivity index (χ2n) is 8.63. The summed E-state index contributed by atoms with van der Waals surface area (Å²) in [5, 5.41) is 3.78. The van der Waals surface area contributed by atoms with Gasteiger partial charge in [0.15, 0.2) is 0 Å². The molecule has 1 heterocycles. The van der Waals surface area contributed by atoms with E-state index in [0.717, 1.165) is 11.7 Å². The van der Waals surface area contributed by atoms with Gasteiger partial charge in [-0.25, -0.2) is 0 Å². The molecule has 3 atom stereocenters. The number of para-hydroxylation sites is 2. The minimum atomic E-state index is 0.534. The van der Waals surface area contributed by atoms with Gasteiger partial charge < -0.3 is 10.0 Å². The van der Waals surface area contributed by atoms with E-state index in [2.05, 4.69) is 67.2 Å². The van der Waals surface area contributed by atoms with Crippen molar-refractivity contribution in [2.45, 2.75) is 91.0 Å². The summed E-state index contributed by atoms with van der Waals surface area (Å²) in [5.74, 6) is 2.58. The van der Waals surface area contributed by atoms with Crippen LogP contribution in [-0.4, -0.2) is 11.8 Å². The Morgan fingerprint density at radius 3 is 2.54 bits per heavy atom. The summed E-state index contributed by atoms with van der Waals surface area (Å²) in [6.07, 6.45) is 18.3. The molecule has 3 unspecified atom stereocenters. The maximum atomic E-state index is 3.78. The number of hydrogen-bond donors (Lipinski definition) is 2. The molecule has 0 fully saturated rings. The van der Waals surface area contributed by atoms with Gasteiger partial charge in [-0.05, 0) is 56.1 Å². The number of fused-ring (bicyclic) bond motifs is 1. The van der Waals surface area contributed by atoms with Crippen molar-refractivity contribution < 1.29 is 0 Å². The number of nitrogens with one attached hydrogen (secondary N) is 2. The predicted octanol–water partition coefficient (Wildman–Crippen LogP) is 8.29. The Morgan fingerprint density at radius 1 is 1.00 bits per heavy atom. The average molecular weight is 403 g/mol. The van der Waals surface area contributed by atoms with E-state index in [-0.39, 0.29) is 0 Å². The number of unbranched alkanes of at least 4 members (excludes halogenated alkanes) is 6. The largest absolute Gasteiger partial charge is 0.379 e. The zero-order valence-electron chi connectivity index (χ0n) is 18.4. The van der Waals surface area contributed by atoms with E-state index in [1.165, 1.54) is 75.6 Å². The maximum Gasteiger partial charge on any atom is 0.0675 e. The van der Waals surface area contributed by atoms with Crippen molar-refractivity contribution in [3.05, 3.63) is 36.4 Å². The van der Waals surface area contributed by atoms with E-state index in [4.69, 9.17) is 0 Å². The molecule has 1 aliphatic heterocycles. The van der Waals surface area contributed by atoms with Crippen LogP contribution < -0.4 is 10.0 Å². The first-order valence-electron chi connectivity index (χ1n) is 11.6. The molecule has 158 valence electrons. The fraction of sp³-hybridized carbons (Fsp3) is 0.680. The van der Waals surface area contributed by atoms with Crippen LogP contribution in [0.15, 0.2) is 36.4 Å². The smallest absolute Gasteiger partial charge is 0.0675 e. The third-order valence-corrected chi connectivity index (χ3v) is 6.78. The van der Waals surface area contributed by atoms with E-state index in [9.17, 15) is 0 Å². The lowest BCUT2D eigenvalue weighted by atomic mass is 9.89. The molecule has 3 heteroatoms. The van der Waals surface area contributed by atoms with Crippen molar-refractivity contribution in [3.63, 3.8) is 0 Å². The molecule has 0 aliphatic carbocycles. The van der Waals surface area contributed by atoms with Gasteiger partial charge in [0.05, 0.1) is 11.4 Å². The summed E-state index contributed by atoms with van der Waals surface area (Å²) in [6, 6.07) is 9.09. The minimum absolute atomic E-state index is 0.534. The van der Waals surface area contributed by atoms with Crippen LogP contribution >= 0.6 is 11.9 Å². The van der Waals surface area contributed by atoms with Gasteiger partial charge >= 0.3 is 0 Å². The summed E-state index contributed by atoms with van der Waals surface area (Å²) < 4.78 is 3.48. The topological polar surface area (TPSA) is 24.1 Å². The fourth-order valence-corrected chi connectivity index (χ4v) is 5.04. The van der Waals surface area contributed by atoms with E-state index in [1.807, 2.05) is 11.9 Å². The quantitative estimate of drug-likeness (QED) is 0.197. The number of hydrogen-bond acceptors (Lipinski definition) is 3. The number of anilines is 2. The Kier molecular flexibility index (Phi) is 11.6. The molecule has 0 spiro atoms. The molecule has 2 rings (SSSR count). The molecule has 1 aromatic carbocycles. The molecule has 0 bridgehead atoms. The van der Waals surface area contributed by atoms with E-state index in [0.29, 0.717) is 12.0 Å². The molecule has 0 amide bonds. The molecule has 2 N–H and O–H groups in total. The third kappa shape index (κ3) is 8.94. The van der Waals surface area contributed by atoms with Crippen LogP contribution in [0.2, 0.25) is 0 Å². The first-order chi connectivity index (χ1) is 13.7. The Labute approximate surface area is 178 Å². The lowest BCUT2D eigenvalue weighted by molar-refractivity contribution is 0.372. The van der Waals surface area contributed by atoms with Crippen molar-refractivity contribution in [2.75, 3.05) is 15.8 Å². The molecule has 0 saturated carbocycles. The summed E-state index contributed by atoms with van der Waals surface area (Å²) >= 11 is 1.83. The molecule has 0 radical (unpaired) electrons. The van der Waals surface area contributed by atoms with Crippen molar-refractivity contribution in [1.29, 1.82) is 0 Å². The van der Waals surface area contributed by atoms with E-state index in [1.54, 1.807) is 0 Å². The van der Waals surface area contributed by atoms with Crippen LogP contribution in [-0.2, 0) is 0 Å². The van der Waals surface area contributed by atoms with Crippen LogP contribution in [0.1, 0.15) is 85.0 Å². The van der Waals surface area contributed by atoms with Crippen molar-refractivity contribution in [3.8, 4) is 0 Å². The van der Waals surface area contributed by atoms with Gasteiger partial charge in [-0.15, -0.1) is 0 Å². The molecular formula is C25H42N2S. The van der Waals surface area contributed by atoms with Crippen molar-refractivity contribution in [2.24, 2.45) is 11.8 Å². The maximum absolute atomic E-state index is 3.78. The first-order valence-corrected chi connectivity index (χ1v) is 12.6. The molecule has 28 heavy (non-hydrogen) atoms. The second kappa shape index (κ2) is 14.0. The highest BCUT2D eigenvalue weighted by Gasteiger charge is 2.22. The molecule has 0 aromatic heterocycles.